The molecule has 0 bridgehead atoms. The molecule has 1 saturated heterocycles. The van der Waals surface area contributed by atoms with Crippen molar-refractivity contribution >= 4 is 5.91 Å². The minimum atomic E-state index is 0.428. The predicted molar refractivity (Wildman–Crippen MR) is 195 cm³/mol. The van der Waals surface area contributed by atoms with E-state index in [2.05, 4.69) is 25.7 Å². The third kappa shape index (κ3) is 26.6. The van der Waals surface area contributed by atoms with Crippen LogP contribution in [0.4, 0.5) is 0 Å². The number of hydrogen-bond acceptors (Lipinski definition) is 2. The van der Waals surface area contributed by atoms with E-state index in [4.69, 9.17) is 4.74 Å². The van der Waals surface area contributed by atoms with Crippen molar-refractivity contribution in [2.75, 3.05) is 13.1 Å². The standard InChI is InChI=1S/C41H81NO2/c1-4-7-10-13-16-17-18-19-20-21-24-29-34-39-40(44-39)35-30-25-22-23-26-31-36-41(43)42(37-32-27-14-11-8-5-2)38-33-28-15-12-9-6-3/h39-40H,4-38H2,1-3H3. The van der Waals surface area contributed by atoms with Gasteiger partial charge in [-0.2, -0.15) is 0 Å². The van der Waals surface area contributed by atoms with Crippen LogP contribution in [0.15, 0.2) is 0 Å². The Morgan fingerprint density at radius 2 is 0.705 bits per heavy atom. The number of hydrogen-bond donors (Lipinski definition) is 0. The molecule has 1 fully saturated rings. The fraction of sp³-hybridized carbons (Fsp3) is 0.976. The maximum Gasteiger partial charge on any atom is 0.222 e. The molecule has 3 nitrogen and oxygen atoms in total. The Hall–Kier alpha value is -0.570. The highest BCUT2D eigenvalue weighted by molar-refractivity contribution is 5.76. The Morgan fingerprint density at radius 1 is 0.409 bits per heavy atom. The van der Waals surface area contributed by atoms with Crippen LogP contribution in [0, 0.1) is 0 Å². The second kappa shape index (κ2) is 32.4. The molecular weight excluding hydrogens is 538 g/mol. The molecule has 44 heavy (non-hydrogen) atoms. The van der Waals surface area contributed by atoms with Crippen LogP contribution in [-0.4, -0.2) is 36.1 Å². The molecule has 0 spiro atoms. The van der Waals surface area contributed by atoms with Gasteiger partial charge in [0.05, 0.1) is 12.2 Å². The van der Waals surface area contributed by atoms with Gasteiger partial charge < -0.3 is 9.64 Å². The number of amides is 1. The molecule has 0 radical (unpaired) electrons. The topological polar surface area (TPSA) is 32.8 Å². The predicted octanol–water partition coefficient (Wildman–Crippen LogP) is 13.5. The summed E-state index contributed by atoms with van der Waals surface area (Å²) in [7, 11) is 0. The van der Waals surface area contributed by atoms with Gasteiger partial charge in [0.25, 0.3) is 0 Å². The first-order valence-corrected chi connectivity index (χ1v) is 20.7. The summed E-state index contributed by atoms with van der Waals surface area (Å²) in [5, 5.41) is 0. The number of nitrogens with zero attached hydrogens (tertiary/aromatic N) is 1. The van der Waals surface area contributed by atoms with Crippen LogP contribution in [-0.2, 0) is 9.53 Å². The maximum absolute atomic E-state index is 13.0. The van der Waals surface area contributed by atoms with E-state index < -0.39 is 0 Å². The van der Waals surface area contributed by atoms with Crippen molar-refractivity contribution in [1.29, 1.82) is 0 Å². The summed E-state index contributed by atoms with van der Waals surface area (Å²) in [6.45, 7) is 8.83. The van der Waals surface area contributed by atoms with Crippen LogP contribution in [0.1, 0.15) is 233 Å². The normalized spacial score (nSPS) is 16.1. The van der Waals surface area contributed by atoms with E-state index in [1.165, 1.54) is 199 Å². The van der Waals surface area contributed by atoms with Gasteiger partial charge in [0.15, 0.2) is 0 Å². The van der Waals surface area contributed by atoms with Gasteiger partial charge in [-0.15, -0.1) is 0 Å². The van der Waals surface area contributed by atoms with Crippen LogP contribution < -0.4 is 0 Å². The molecule has 1 aliphatic rings. The van der Waals surface area contributed by atoms with Gasteiger partial charge in [0.1, 0.15) is 0 Å². The van der Waals surface area contributed by atoms with E-state index in [0.29, 0.717) is 18.1 Å². The zero-order valence-electron chi connectivity index (χ0n) is 30.7. The molecule has 2 atom stereocenters. The van der Waals surface area contributed by atoms with Gasteiger partial charge in [-0.3, -0.25) is 4.79 Å². The summed E-state index contributed by atoms with van der Waals surface area (Å²) in [6.07, 6.45) is 44.8. The summed E-state index contributed by atoms with van der Waals surface area (Å²) in [5.41, 5.74) is 0. The highest BCUT2D eigenvalue weighted by Crippen LogP contribution is 2.32. The zero-order chi connectivity index (χ0) is 31.8. The fourth-order valence-corrected chi connectivity index (χ4v) is 6.89. The molecule has 0 aromatic carbocycles. The number of ether oxygens (including phenoxy) is 1. The first-order valence-electron chi connectivity index (χ1n) is 20.7. The fourth-order valence-electron chi connectivity index (χ4n) is 6.89. The molecule has 3 heteroatoms. The van der Waals surface area contributed by atoms with E-state index >= 15 is 0 Å². The minimum absolute atomic E-state index is 0.428. The van der Waals surface area contributed by atoms with Gasteiger partial charge in [-0.05, 0) is 32.1 Å². The van der Waals surface area contributed by atoms with Crippen molar-refractivity contribution in [2.24, 2.45) is 0 Å². The SMILES string of the molecule is CCCCCCCCCCCCCCC1OC1CCCCCCCCC(=O)N(CCCCCCCC)CCCCCCCC. The monoisotopic (exact) mass is 620 g/mol. The van der Waals surface area contributed by atoms with E-state index in [1.807, 2.05) is 0 Å². The number of rotatable bonds is 36. The summed E-state index contributed by atoms with van der Waals surface area (Å²) in [6, 6.07) is 0. The molecular formula is C41H81NO2. The lowest BCUT2D eigenvalue weighted by Gasteiger charge is -2.23. The third-order valence-electron chi connectivity index (χ3n) is 10.1. The van der Waals surface area contributed by atoms with E-state index in [-0.39, 0.29) is 0 Å². The highest BCUT2D eigenvalue weighted by Gasteiger charge is 2.36. The Balaban J connectivity index is 1.96. The van der Waals surface area contributed by atoms with Crippen LogP contribution in [0.25, 0.3) is 0 Å². The molecule has 0 aliphatic carbocycles. The van der Waals surface area contributed by atoms with Crippen molar-refractivity contribution in [2.45, 2.75) is 245 Å². The van der Waals surface area contributed by atoms with Crippen LogP contribution >= 0.6 is 0 Å². The Labute approximate surface area is 277 Å². The van der Waals surface area contributed by atoms with Gasteiger partial charge in [-0.25, -0.2) is 0 Å². The van der Waals surface area contributed by atoms with Gasteiger partial charge in [-0.1, -0.05) is 194 Å². The van der Waals surface area contributed by atoms with Crippen molar-refractivity contribution in [1.82, 2.24) is 4.90 Å². The second-order valence-electron chi connectivity index (χ2n) is 14.5. The molecule has 2 unspecified atom stereocenters. The smallest absolute Gasteiger partial charge is 0.222 e. The zero-order valence-corrected chi connectivity index (χ0v) is 30.7. The lowest BCUT2D eigenvalue weighted by atomic mass is 10.0. The third-order valence-corrected chi connectivity index (χ3v) is 10.1. The van der Waals surface area contributed by atoms with Crippen molar-refractivity contribution < 1.29 is 9.53 Å². The van der Waals surface area contributed by atoms with Gasteiger partial charge in [0.2, 0.25) is 5.91 Å². The Bertz CT molecular complexity index is 577. The van der Waals surface area contributed by atoms with E-state index in [1.54, 1.807) is 0 Å². The molecule has 1 rings (SSSR count). The molecule has 1 aliphatic heterocycles. The number of unbranched alkanes of at least 4 members (excludes halogenated alkanes) is 26. The summed E-state index contributed by atoms with van der Waals surface area (Å²) in [5.74, 6) is 0.428. The molecule has 262 valence electrons. The van der Waals surface area contributed by atoms with E-state index in [0.717, 1.165) is 25.9 Å². The van der Waals surface area contributed by atoms with Gasteiger partial charge >= 0.3 is 0 Å². The van der Waals surface area contributed by atoms with Crippen molar-refractivity contribution in [3.05, 3.63) is 0 Å². The number of carbonyl (C=O) groups is 1. The quantitative estimate of drug-likeness (QED) is 0.0516. The molecule has 1 amide bonds. The molecule has 0 N–H and O–H groups in total. The first kappa shape index (κ1) is 41.5. The number of carbonyl (C=O) groups excluding carboxylic acids is 1. The van der Waals surface area contributed by atoms with Crippen molar-refractivity contribution in [3.63, 3.8) is 0 Å². The lowest BCUT2D eigenvalue weighted by molar-refractivity contribution is -0.131. The Kier molecular flexibility index (Phi) is 30.5. The molecule has 1 heterocycles. The average Bonchev–Trinajstić information content (AvgIpc) is 3.79. The first-order chi connectivity index (χ1) is 21.7. The summed E-state index contributed by atoms with van der Waals surface area (Å²) in [4.78, 5) is 15.3. The lowest BCUT2D eigenvalue weighted by Crippen LogP contribution is -2.32. The van der Waals surface area contributed by atoms with Gasteiger partial charge in [0, 0.05) is 19.5 Å². The molecule has 0 saturated carbocycles. The van der Waals surface area contributed by atoms with E-state index in [9.17, 15) is 4.79 Å². The largest absolute Gasteiger partial charge is 0.370 e. The minimum Gasteiger partial charge on any atom is -0.370 e. The van der Waals surface area contributed by atoms with Crippen LogP contribution in [0.3, 0.4) is 0 Å². The summed E-state index contributed by atoms with van der Waals surface area (Å²) >= 11 is 0. The highest BCUT2D eigenvalue weighted by atomic mass is 16.6. The number of epoxide rings is 1. The maximum atomic E-state index is 13.0. The van der Waals surface area contributed by atoms with Crippen molar-refractivity contribution in [3.8, 4) is 0 Å². The Morgan fingerprint density at radius 3 is 1.07 bits per heavy atom. The van der Waals surface area contributed by atoms with Crippen LogP contribution in [0.2, 0.25) is 0 Å². The second-order valence-corrected chi connectivity index (χ2v) is 14.5. The molecule has 0 aromatic heterocycles. The average molecular weight is 620 g/mol. The summed E-state index contributed by atoms with van der Waals surface area (Å²) < 4.78 is 5.97. The molecule has 0 aromatic rings. The van der Waals surface area contributed by atoms with Crippen LogP contribution in [0.5, 0.6) is 0 Å².